The molecule has 3 saturated heterocycles. The van der Waals surface area contributed by atoms with Crippen LogP contribution in [0.1, 0.15) is 51.4 Å². The number of nitrogens with zero attached hydrogens (tertiary/aromatic N) is 3. The number of carbonyl (C=O) groups is 2. The lowest BCUT2D eigenvalue weighted by atomic mass is 10.0. The van der Waals surface area contributed by atoms with Gasteiger partial charge in [-0.1, -0.05) is 0 Å². The molecule has 140 valence electrons. The Morgan fingerprint density at radius 2 is 1.56 bits per heavy atom. The highest BCUT2D eigenvalue weighted by atomic mass is 16.2. The number of urea groups is 1. The highest BCUT2D eigenvalue weighted by molar-refractivity contribution is 5.81. The fourth-order valence-corrected chi connectivity index (χ4v) is 4.65. The van der Waals surface area contributed by atoms with E-state index in [2.05, 4.69) is 15.1 Å². The third-order valence-electron chi connectivity index (χ3n) is 6.37. The van der Waals surface area contributed by atoms with Crippen LogP contribution in [0.4, 0.5) is 4.79 Å². The molecule has 1 aliphatic carbocycles. The summed E-state index contributed by atoms with van der Waals surface area (Å²) in [4.78, 5) is 31.5. The minimum Gasteiger partial charge on any atom is -0.342 e. The highest BCUT2D eigenvalue weighted by Gasteiger charge is 2.36. The summed E-state index contributed by atoms with van der Waals surface area (Å²) in [6, 6.07) is 0.729. The molecule has 1 atom stereocenters. The smallest absolute Gasteiger partial charge is 0.317 e. The first-order valence-electron chi connectivity index (χ1n) is 10.3. The van der Waals surface area contributed by atoms with Crippen LogP contribution in [-0.2, 0) is 4.79 Å². The number of amides is 3. The lowest BCUT2D eigenvalue weighted by molar-refractivity contribution is -0.133. The first-order chi connectivity index (χ1) is 12.2. The van der Waals surface area contributed by atoms with Crippen LogP contribution in [0.25, 0.3) is 0 Å². The molecule has 3 heterocycles. The molecular weight excluding hydrogens is 316 g/mol. The van der Waals surface area contributed by atoms with Crippen LogP contribution in [0.5, 0.6) is 0 Å². The Kier molecular flexibility index (Phi) is 5.15. The van der Waals surface area contributed by atoms with Crippen molar-refractivity contribution in [2.45, 2.75) is 63.5 Å². The van der Waals surface area contributed by atoms with E-state index in [1.54, 1.807) is 0 Å². The number of carbonyl (C=O) groups excluding carboxylic acids is 2. The molecule has 0 aromatic rings. The van der Waals surface area contributed by atoms with Gasteiger partial charge in [0.05, 0.1) is 0 Å². The Hall–Kier alpha value is -1.30. The van der Waals surface area contributed by atoms with Crippen LogP contribution in [0.2, 0.25) is 0 Å². The Morgan fingerprint density at radius 1 is 0.840 bits per heavy atom. The first-order valence-corrected chi connectivity index (χ1v) is 10.3. The van der Waals surface area contributed by atoms with Gasteiger partial charge in [-0.15, -0.1) is 0 Å². The van der Waals surface area contributed by atoms with E-state index in [-0.39, 0.29) is 12.1 Å². The van der Waals surface area contributed by atoms with Crippen molar-refractivity contribution in [2.75, 3.05) is 39.3 Å². The zero-order chi connectivity index (χ0) is 17.2. The van der Waals surface area contributed by atoms with Crippen LogP contribution in [0.3, 0.4) is 0 Å². The molecule has 4 fully saturated rings. The lowest BCUT2D eigenvalue weighted by Gasteiger charge is -2.35. The highest BCUT2D eigenvalue weighted by Crippen LogP contribution is 2.32. The van der Waals surface area contributed by atoms with Gasteiger partial charge in [0.2, 0.25) is 5.91 Å². The molecule has 0 radical (unpaired) electrons. The largest absolute Gasteiger partial charge is 0.342 e. The molecule has 1 saturated carbocycles. The number of rotatable bonds is 4. The van der Waals surface area contributed by atoms with Crippen molar-refractivity contribution in [3.05, 3.63) is 0 Å². The van der Waals surface area contributed by atoms with Crippen LogP contribution >= 0.6 is 0 Å². The topological polar surface area (TPSA) is 55.9 Å². The van der Waals surface area contributed by atoms with Crippen molar-refractivity contribution in [3.63, 3.8) is 0 Å². The molecule has 0 spiro atoms. The van der Waals surface area contributed by atoms with Gasteiger partial charge in [0.25, 0.3) is 0 Å². The van der Waals surface area contributed by atoms with E-state index in [1.807, 2.05) is 4.90 Å². The number of hydrogen-bond acceptors (Lipinski definition) is 3. The minimum absolute atomic E-state index is 0.119. The van der Waals surface area contributed by atoms with E-state index in [4.69, 9.17) is 0 Å². The number of likely N-dealkylation sites (tertiary alicyclic amines) is 3. The zero-order valence-electron chi connectivity index (χ0n) is 15.3. The third kappa shape index (κ3) is 4.10. The maximum absolute atomic E-state index is 12.7. The Bertz CT molecular complexity index is 494. The normalized spacial score (nSPS) is 28.6. The Labute approximate surface area is 150 Å². The summed E-state index contributed by atoms with van der Waals surface area (Å²) in [7, 11) is 0. The van der Waals surface area contributed by atoms with Gasteiger partial charge in [-0.2, -0.15) is 0 Å². The van der Waals surface area contributed by atoms with Crippen molar-refractivity contribution in [1.82, 2.24) is 20.0 Å². The van der Waals surface area contributed by atoms with Crippen molar-refractivity contribution in [1.29, 1.82) is 0 Å². The molecule has 4 rings (SSSR count). The van der Waals surface area contributed by atoms with Gasteiger partial charge in [0.15, 0.2) is 0 Å². The second kappa shape index (κ2) is 7.52. The molecular formula is C19H32N4O2. The van der Waals surface area contributed by atoms with Gasteiger partial charge in [-0.05, 0) is 64.5 Å². The van der Waals surface area contributed by atoms with Gasteiger partial charge < -0.3 is 20.0 Å². The SMILES string of the molecule is O=C(C1CC1)N1CCC(NC(=O)N2CCCC2CN2CCCC2)CC1. The van der Waals surface area contributed by atoms with Crippen LogP contribution < -0.4 is 5.32 Å². The molecule has 3 aliphatic heterocycles. The summed E-state index contributed by atoms with van der Waals surface area (Å²) >= 11 is 0. The summed E-state index contributed by atoms with van der Waals surface area (Å²) in [5, 5.41) is 3.25. The van der Waals surface area contributed by atoms with Crippen molar-refractivity contribution in [2.24, 2.45) is 5.92 Å². The van der Waals surface area contributed by atoms with Gasteiger partial charge in [0, 0.05) is 44.2 Å². The summed E-state index contributed by atoms with van der Waals surface area (Å²) < 4.78 is 0. The number of piperidine rings is 1. The third-order valence-corrected chi connectivity index (χ3v) is 6.37. The molecule has 1 unspecified atom stereocenters. The van der Waals surface area contributed by atoms with Gasteiger partial charge in [0.1, 0.15) is 0 Å². The maximum atomic E-state index is 12.7. The van der Waals surface area contributed by atoms with Crippen LogP contribution in [-0.4, -0.2) is 78.0 Å². The molecule has 6 nitrogen and oxygen atoms in total. The second-order valence-corrected chi connectivity index (χ2v) is 8.32. The molecule has 25 heavy (non-hydrogen) atoms. The maximum Gasteiger partial charge on any atom is 0.317 e. The predicted molar refractivity (Wildman–Crippen MR) is 96.3 cm³/mol. The average Bonchev–Trinajstić information content (AvgIpc) is 3.15. The summed E-state index contributed by atoms with van der Waals surface area (Å²) in [6.45, 7) is 5.93. The molecule has 0 bridgehead atoms. The van der Waals surface area contributed by atoms with Crippen LogP contribution in [0, 0.1) is 5.92 Å². The van der Waals surface area contributed by atoms with E-state index in [0.29, 0.717) is 17.9 Å². The standard InChI is InChI=1S/C19H32N4O2/c24-18(15-5-6-15)22-12-7-16(8-13-22)20-19(25)23-11-3-4-17(23)14-21-9-1-2-10-21/h15-17H,1-14H2,(H,20,25). The quantitative estimate of drug-likeness (QED) is 0.841. The molecule has 4 aliphatic rings. The summed E-state index contributed by atoms with van der Waals surface area (Å²) in [5.41, 5.74) is 0. The number of hydrogen-bond donors (Lipinski definition) is 1. The monoisotopic (exact) mass is 348 g/mol. The average molecular weight is 348 g/mol. The van der Waals surface area contributed by atoms with Crippen molar-refractivity contribution >= 4 is 11.9 Å². The van der Waals surface area contributed by atoms with E-state index in [0.717, 1.165) is 64.7 Å². The first kappa shape index (κ1) is 17.1. The van der Waals surface area contributed by atoms with E-state index in [1.165, 1.54) is 25.9 Å². The van der Waals surface area contributed by atoms with Crippen LogP contribution in [0.15, 0.2) is 0 Å². The van der Waals surface area contributed by atoms with Crippen molar-refractivity contribution in [3.8, 4) is 0 Å². The molecule has 1 N–H and O–H groups in total. The molecule has 6 heteroatoms. The minimum atomic E-state index is 0.119. The predicted octanol–water partition coefficient (Wildman–Crippen LogP) is 1.66. The fraction of sp³-hybridized carbons (Fsp3) is 0.895. The number of nitrogens with one attached hydrogen (secondary N) is 1. The second-order valence-electron chi connectivity index (χ2n) is 8.32. The van der Waals surface area contributed by atoms with Crippen molar-refractivity contribution < 1.29 is 9.59 Å². The Balaban J connectivity index is 1.23. The summed E-state index contributed by atoms with van der Waals surface area (Å²) in [6.07, 6.45) is 8.81. The van der Waals surface area contributed by atoms with Gasteiger partial charge >= 0.3 is 6.03 Å². The lowest BCUT2D eigenvalue weighted by Crippen LogP contribution is -2.52. The van der Waals surface area contributed by atoms with E-state index < -0.39 is 0 Å². The Morgan fingerprint density at radius 3 is 2.24 bits per heavy atom. The van der Waals surface area contributed by atoms with Gasteiger partial charge in [-0.25, -0.2) is 4.79 Å². The van der Waals surface area contributed by atoms with E-state index >= 15 is 0 Å². The van der Waals surface area contributed by atoms with Gasteiger partial charge in [-0.3, -0.25) is 4.79 Å². The molecule has 0 aromatic heterocycles. The summed E-state index contributed by atoms with van der Waals surface area (Å²) in [5.74, 6) is 0.650. The van der Waals surface area contributed by atoms with E-state index in [9.17, 15) is 9.59 Å². The fourth-order valence-electron chi connectivity index (χ4n) is 4.65. The molecule has 3 amide bonds. The zero-order valence-corrected chi connectivity index (χ0v) is 15.3. The molecule has 0 aromatic carbocycles.